The van der Waals surface area contributed by atoms with E-state index in [9.17, 15) is 9.90 Å². The molecule has 0 spiro atoms. The van der Waals surface area contributed by atoms with E-state index in [1.165, 1.54) is 5.56 Å². The number of piperidine rings is 1. The molecule has 1 saturated heterocycles. The van der Waals surface area contributed by atoms with Gasteiger partial charge < -0.3 is 10.0 Å². The highest BCUT2D eigenvalue weighted by atomic mass is 16.3. The van der Waals surface area contributed by atoms with Gasteiger partial charge in [-0.15, -0.1) is 0 Å². The number of aromatic nitrogens is 2. The number of benzene rings is 1. The molecule has 1 aromatic carbocycles. The van der Waals surface area contributed by atoms with Crippen molar-refractivity contribution in [3.8, 4) is 5.69 Å². The number of hydrogen-bond acceptors (Lipinski definition) is 3. The van der Waals surface area contributed by atoms with E-state index in [2.05, 4.69) is 20.8 Å². The van der Waals surface area contributed by atoms with Gasteiger partial charge in [0.2, 0.25) is 0 Å². The molecule has 25 heavy (non-hydrogen) atoms. The summed E-state index contributed by atoms with van der Waals surface area (Å²) < 4.78 is 1.79. The second kappa shape index (κ2) is 6.64. The van der Waals surface area contributed by atoms with Gasteiger partial charge in [-0.2, -0.15) is 5.10 Å². The van der Waals surface area contributed by atoms with E-state index >= 15 is 0 Å². The Balaban J connectivity index is 1.99. The van der Waals surface area contributed by atoms with Crippen molar-refractivity contribution in [2.45, 2.75) is 52.1 Å². The smallest absolute Gasteiger partial charge is 0.257 e. The van der Waals surface area contributed by atoms with Crippen molar-refractivity contribution < 1.29 is 9.90 Å². The first-order valence-corrected chi connectivity index (χ1v) is 8.90. The quantitative estimate of drug-likeness (QED) is 0.913. The molecule has 2 heterocycles. The molecule has 1 N–H and O–H groups in total. The number of aryl methyl sites for hydroxylation is 1. The number of nitrogens with zero attached hydrogens (tertiary/aromatic N) is 3. The van der Waals surface area contributed by atoms with E-state index in [0.29, 0.717) is 18.7 Å². The lowest BCUT2D eigenvalue weighted by molar-refractivity contribution is 0.0472. The molecule has 1 unspecified atom stereocenters. The minimum atomic E-state index is -0.428. The van der Waals surface area contributed by atoms with Crippen molar-refractivity contribution in [2.24, 2.45) is 0 Å². The maximum atomic E-state index is 13.1. The molecule has 1 amide bonds. The number of hydrogen-bond donors (Lipinski definition) is 1. The molecule has 0 saturated carbocycles. The van der Waals surface area contributed by atoms with E-state index in [1.54, 1.807) is 9.58 Å². The fourth-order valence-electron chi connectivity index (χ4n) is 3.22. The Hall–Kier alpha value is -2.14. The Morgan fingerprint density at radius 2 is 1.92 bits per heavy atom. The summed E-state index contributed by atoms with van der Waals surface area (Å²) in [4.78, 5) is 14.8. The molecule has 1 aliphatic heterocycles. The van der Waals surface area contributed by atoms with Crippen LogP contribution in [0.3, 0.4) is 0 Å². The monoisotopic (exact) mass is 341 g/mol. The molecule has 0 radical (unpaired) electrons. The third kappa shape index (κ3) is 3.76. The summed E-state index contributed by atoms with van der Waals surface area (Å²) in [5.41, 5.74) is 3.30. The van der Waals surface area contributed by atoms with Gasteiger partial charge in [-0.3, -0.25) is 4.79 Å². The van der Waals surface area contributed by atoms with Crippen molar-refractivity contribution in [3.05, 3.63) is 47.3 Å². The summed E-state index contributed by atoms with van der Waals surface area (Å²) in [5, 5.41) is 14.6. The number of aliphatic hydroxyl groups excluding tert-OH is 1. The van der Waals surface area contributed by atoms with Crippen LogP contribution in [0.15, 0.2) is 30.5 Å². The van der Waals surface area contributed by atoms with E-state index in [0.717, 1.165) is 24.2 Å². The van der Waals surface area contributed by atoms with Crippen LogP contribution in [0.4, 0.5) is 0 Å². The van der Waals surface area contributed by atoms with Crippen LogP contribution in [0.5, 0.6) is 0 Å². The highest BCUT2D eigenvalue weighted by Crippen LogP contribution is 2.27. The predicted octanol–water partition coefficient (Wildman–Crippen LogP) is 3.08. The second-order valence-corrected chi connectivity index (χ2v) is 7.97. The van der Waals surface area contributed by atoms with Crippen LogP contribution in [0.25, 0.3) is 5.69 Å². The first-order chi connectivity index (χ1) is 11.8. The SMILES string of the molecule is Cc1ccc(-n2cc(C(=O)N3CCCC(O)C3)c(C(C)(C)C)n2)cc1. The van der Waals surface area contributed by atoms with Crippen molar-refractivity contribution >= 4 is 5.91 Å². The van der Waals surface area contributed by atoms with Gasteiger partial charge in [0.15, 0.2) is 0 Å². The summed E-state index contributed by atoms with van der Waals surface area (Å²) in [5.74, 6) is -0.0398. The fraction of sp³-hybridized carbons (Fsp3) is 0.500. The number of aliphatic hydroxyl groups is 1. The zero-order valence-electron chi connectivity index (χ0n) is 15.5. The average Bonchev–Trinajstić information content (AvgIpc) is 3.00. The minimum absolute atomic E-state index is 0.0398. The lowest BCUT2D eigenvalue weighted by Crippen LogP contribution is -2.42. The largest absolute Gasteiger partial charge is 0.391 e. The van der Waals surface area contributed by atoms with E-state index in [4.69, 9.17) is 5.10 Å². The molecule has 2 aromatic rings. The summed E-state index contributed by atoms with van der Waals surface area (Å²) in [7, 11) is 0. The van der Waals surface area contributed by atoms with Crippen LogP contribution in [0.2, 0.25) is 0 Å². The topological polar surface area (TPSA) is 58.4 Å². The van der Waals surface area contributed by atoms with Gasteiger partial charge in [-0.25, -0.2) is 4.68 Å². The third-order valence-corrected chi connectivity index (χ3v) is 4.64. The number of amides is 1. The molecule has 1 aromatic heterocycles. The molecule has 1 atom stereocenters. The van der Waals surface area contributed by atoms with Crippen LogP contribution in [-0.2, 0) is 5.41 Å². The molecule has 5 nitrogen and oxygen atoms in total. The predicted molar refractivity (Wildman–Crippen MR) is 98.1 cm³/mol. The summed E-state index contributed by atoms with van der Waals surface area (Å²) in [6.45, 7) is 9.33. The summed E-state index contributed by atoms with van der Waals surface area (Å²) >= 11 is 0. The Morgan fingerprint density at radius 3 is 2.52 bits per heavy atom. The van der Waals surface area contributed by atoms with Gasteiger partial charge >= 0.3 is 0 Å². The van der Waals surface area contributed by atoms with Gasteiger partial charge in [0.1, 0.15) is 0 Å². The zero-order chi connectivity index (χ0) is 18.2. The van der Waals surface area contributed by atoms with Gasteiger partial charge in [-0.05, 0) is 31.9 Å². The first kappa shape index (κ1) is 17.7. The summed E-state index contributed by atoms with van der Waals surface area (Å²) in [6.07, 6.45) is 3.00. The number of rotatable bonds is 2. The van der Waals surface area contributed by atoms with E-state index in [1.807, 2.05) is 37.4 Å². The van der Waals surface area contributed by atoms with Gasteiger partial charge in [0, 0.05) is 24.7 Å². The molecule has 5 heteroatoms. The molecule has 1 fully saturated rings. The van der Waals surface area contributed by atoms with Crippen molar-refractivity contribution in [3.63, 3.8) is 0 Å². The Bertz CT molecular complexity index is 756. The minimum Gasteiger partial charge on any atom is -0.391 e. The molecular weight excluding hydrogens is 314 g/mol. The maximum absolute atomic E-state index is 13.1. The van der Waals surface area contributed by atoms with Crippen molar-refractivity contribution in [2.75, 3.05) is 13.1 Å². The molecule has 0 aliphatic carbocycles. The molecule has 3 rings (SSSR count). The Labute approximate surface area is 149 Å². The van der Waals surface area contributed by atoms with Crippen LogP contribution in [-0.4, -0.2) is 44.9 Å². The Kier molecular flexibility index (Phi) is 4.69. The first-order valence-electron chi connectivity index (χ1n) is 8.90. The third-order valence-electron chi connectivity index (χ3n) is 4.64. The highest BCUT2D eigenvalue weighted by molar-refractivity contribution is 5.95. The van der Waals surface area contributed by atoms with Crippen LogP contribution in [0, 0.1) is 6.92 Å². The van der Waals surface area contributed by atoms with Crippen LogP contribution < -0.4 is 0 Å². The van der Waals surface area contributed by atoms with Gasteiger partial charge in [0.05, 0.1) is 23.0 Å². The van der Waals surface area contributed by atoms with Crippen molar-refractivity contribution in [1.82, 2.24) is 14.7 Å². The molecule has 1 aliphatic rings. The van der Waals surface area contributed by atoms with Crippen LogP contribution in [0.1, 0.15) is 55.2 Å². The maximum Gasteiger partial charge on any atom is 0.257 e. The second-order valence-electron chi connectivity index (χ2n) is 7.97. The van der Waals surface area contributed by atoms with E-state index < -0.39 is 6.10 Å². The number of carbonyl (C=O) groups is 1. The van der Waals surface area contributed by atoms with E-state index in [-0.39, 0.29) is 11.3 Å². The van der Waals surface area contributed by atoms with Crippen molar-refractivity contribution in [1.29, 1.82) is 0 Å². The number of likely N-dealkylation sites (tertiary alicyclic amines) is 1. The standard InChI is InChI=1S/C20H27N3O2/c1-14-7-9-15(10-8-14)23-13-17(18(21-23)20(2,3)4)19(25)22-11-5-6-16(24)12-22/h7-10,13,16,24H,5-6,11-12H2,1-4H3. The average molecular weight is 341 g/mol. The Morgan fingerprint density at radius 1 is 1.24 bits per heavy atom. The normalized spacial score (nSPS) is 18.4. The molecular formula is C20H27N3O2. The summed E-state index contributed by atoms with van der Waals surface area (Å²) in [6, 6.07) is 8.09. The van der Waals surface area contributed by atoms with Crippen LogP contribution >= 0.6 is 0 Å². The zero-order valence-corrected chi connectivity index (χ0v) is 15.5. The lowest BCUT2D eigenvalue weighted by Gasteiger charge is -2.30. The fourth-order valence-corrected chi connectivity index (χ4v) is 3.22. The molecule has 134 valence electrons. The highest BCUT2D eigenvalue weighted by Gasteiger charge is 2.31. The lowest BCUT2D eigenvalue weighted by atomic mass is 9.89. The number of carbonyl (C=O) groups excluding carboxylic acids is 1. The van der Waals surface area contributed by atoms with Gasteiger partial charge in [0.25, 0.3) is 5.91 Å². The molecule has 0 bridgehead atoms. The van der Waals surface area contributed by atoms with Gasteiger partial charge in [-0.1, -0.05) is 38.5 Å². The number of β-amino-alcohol motifs (C(OH)–C–C–N with tert-alkyl or cyclic N) is 1.